The van der Waals surface area contributed by atoms with Crippen molar-refractivity contribution in [3.05, 3.63) is 60.2 Å². The number of nitrogens with zero attached hydrogens (tertiary/aromatic N) is 2. The van der Waals surface area contributed by atoms with E-state index in [0.717, 1.165) is 11.1 Å². The number of imidazole rings is 1. The number of hydrogen-bond donors (Lipinski definition) is 0. The normalized spacial score (nSPS) is 13.4. The molecule has 4 nitrogen and oxygen atoms in total. The van der Waals surface area contributed by atoms with E-state index in [-0.39, 0.29) is 5.16 Å². The first-order valence-electron chi connectivity index (χ1n) is 8.62. The molecule has 1 aromatic heterocycles. The number of benzene rings is 2. The van der Waals surface area contributed by atoms with Crippen molar-refractivity contribution in [1.29, 1.82) is 0 Å². The monoisotopic (exact) mass is 356 g/mol. The van der Waals surface area contributed by atoms with Crippen LogP contribution in [0.1, 0.15) is 32.8 Å². The summed E-state index contributed by atoms with van der Waals surface area (Å²) in [7, 11) is -3.49. The summed E-state index contributed by atoms with van der Waals surface area (Å²) in [4.78, 5) is 4.48. The van der Waals surface area contributed by atoms with Gasteiger partial charge in [-0.1, -0.05) is 56.3 Å². The highest BCUT2D eigenvalue weighted by molar-refractivity contribution is 7.91. The van der Waals surface area contributed by atoms with Gasteiger partial charge in [0.05, 0.1) is 22.8 Å². The fourth-order valence-electron chi connectivity index (χ4n) is 3.16. The SMILES string of the molecule is CC(C)C[C@H](C)S(=O)(=O)c1nc2ccccc2n1Cc1ccccc1. The fourth-order valence-corrected chi connectivity index (χ4v) is 4.85. The first kappa shape index (κ1) is 17.7. The molecule has 25 heavy (non-hydrogen) atoms. The highest BCUT2D eigenvalue weighted by Gasteiger charge is 2.30. The molecule has 0 bridgehead atoms. The van der Waals surface area contributed by atoms with Gasteiger partial charge in [0.25, 0.3) is 0 Å². The first-order chi connectivity index (χ1) is 11.9. The molecular weight excluding hydrogens is 332 g/mol. The average Bonchev–Trinajstić information content (AvgIpc) is 2.95. The third-order valence-electron chi connectivity index (χ3n) is 4.39. The van der Waals surface area contributed by atoms with E-state index in [9.17, 15) is 8.42 Å². The molecule has 3 aromatic rings. The fraction of sp³-hybridized carbons (Fsp3) is 0.350. The zero-order valence-electron chi connectivity index (χ0n) is 14.9. The second-order valence-electron chi connectivity index (χ2n) is 6.94. The summed E-state index contributed by atoms with van der Waals surface area (Å²) in [6.07, 6.45) is 0.622. The van der Waals surface area contributed by atoms with E-state index in [1.807, 2.05) is 73.0 Å². The Morgan fingerprint density at radius 1 is 0.960 bits per heavy atom. The van der Waals surface area contributed by atoms with E-state index in [2.05, 4.69) is 4.98 Å². The van der Waals surface area contributed by atoms with E-state index < -0.39 is 15.1 Å². The van der Waals surface area contributed by atoms with Gasteiger partial charge in [-0.2, -0.15) is 0 Å². The van der Waals surface area contributed by atoms with Gasteiger partial charge in [-0.05, 0) is 37.0 Å². The molecule has 0 amide bonds. The van der Waals surface area contributed by atoms with Gasteiger partial charge < -0.3 is 4.57 Å². The van der Waals surface area contributed by atoms with Crippen molar-refractivity contribution in [1.82, 2.24) is 9.55 Å². The van der Waals surface area contributed by atoms with E-state index in [1.54, 1.807) is 6.92 Å². The predicted octanol–water partition coefficient (Wildman–Crippen LogP) is 4.29. The Kier molecular flexibility index (Phi) is 4.95. The van der Waals surface area contributed by atoms with Crippen LogP contribution in [0.15, 0.2) is 59.8 Å². The van der Waals surface area contributed by atoms with Crippen molar-refractivity contribution in [3.8, 4) is 0 Å². The molecule has 0 spiro atoms. The third-order valence-corrected chi connectivity index (χ3v) is 6.46. The zero-order chi connectivity index (χ0) is 18.0. The van der Waals surface area contributed by atoms with Crippen LogP contribution in [-0.4, -0.2) is 23.2 Å². The van der Waals surface area contributed by atoms with E-state index >= 15 is 0 Å². The molecule has 5 heteroatoms. The molecular formula is C20H24N2O2S. The molecule has 3 rings (SSSR count). The van der Waals surface area contributed by atoms with Gasteiger partial charge in [0.2, 0.25) is 15.0 Å². The Hall–Kier alpha value is -2.14. The number of fused-ring (bicyclic) bond motifs is 1. The number of aromatic nitrogens is 2. The molecule has 1 atom stereocenters. The Labute approximate surface area is 149 Å². The van der Waals surface area contributed by atoms with Crippen LogP contribution in [0.4, 0.5) is 0 Å². The van der Waals surface area contributed by atoms with E-state index in [4.69, 9.17) is 0 Å². The van der Waals surface area contributed by atoms with Crippen molar-refractivity contribution >= 4 is 20.9 Å². The number of hydrogen-bond acceptors (Lipinski definition) is 3. The summed E-state index contributed by atoms with van der Waals surface area (Å²) in [6, 6.07) is 17.5. The molecule has 0 saturated carbocycles. The summed E-state index contributed by atoms with van der Waals surface area (Å²) in [5.74, 6) is 0.316. The van der Waals surface area contributed by atoms with E-state index in [0.29, 0.717) is 24.4 Å². The molecule has 132 valence electrons. The van der Waals surface area contributed by atoms with Gasteiger partial charge in [-0.25, -0.2) is 13.4 Å². The van der Waals surface area contributed by atoms with Gasteiger partial charge in [-0.15, -0.1) is 0 Å². The minimum Gasteiger partial charge on any atom is -0.310 e. The average molecular weight is 356 g/mol. The van der Waals surface area contributed by atoms with Crippen molar-refractivity contribution < 1.29 is 8.42 Å². The van der Waals surface area contributed by atoms with Crippen LogP contribution in [0.25, 0.3) is 11.0 Å². The van der Waals surface area contributed by atoms with Crippen LogP contribution in [-0.2, 0) is 16.4 Å². The molecule has 0 aliphatic rings. The molecule has 0 radical (unpaired) electrons. The second-order valence-corrected chi connectivity index (χ2v) is 9.20. The van der Waals surface area contributed by atoms with Crippen molar-refractivity contribution in [3.63, 3.8) is 0 Å². The minimum absolute atomic E-state index is 0.172. The van der Waals surface area contributed by atoms with Gasteiger partial charge in [0.15, 0.2) is 0 Å². The third kappa shape index (κ3) is 3.61. The summed E-state index contributed by atoms with van der Waals surface area (Å²) in [6.45, 7) is 6.35. The predicted molar refractivity (Wildman–Crippen MR) is 101 cm³/mol. The molecule has 1 heterocycles. The maximum atomic E-state index is 13.2. The molecule has 0 saturated heterocycles. The number of rotatable bonds is 6. The largest absolute Gasteiger partial charge is 0.310 e. The van der Waals surface area contributed by atoms with Crippen LogP contribution >= 0.6 is 0 Å². The summed E-state index contributed by atoms with van der Waals surface area (Å²) >= 11 is 0. The second kappa shape index (κ2) is 7.00. The van der Waals surface area contributed by atoms with Crippen LogP contribution in [0, 0.1) is 5.92 Å². The number of sulfone groups is 1. The highest BCUT2D eigenvalue weighted by atomic mass is 32.2. The molecule has 0 fully saturated rings. The van der Waals surface area contributed by atoms with Crippen LogP contribution < -0.4 is 0 Å². The summed E-state index contributed by atoms with van der Waals surface area (Å²) in [5.41, 5.74) is 2.62. The summed E-state index contributed by atoms with van der Waals surface area (Å²) < 4.78 is 28.2. The topological polar surface area (TPSA) is 52.0 Å². The lowest BCUT2D eigenvalue weighted by atomic mass is 10.1. The highest BCUT2D eigenvalue weighted by Crippen LogP contribution is 2.26. The smallest absolute Gasteiger partial charge is 0.229 e. The van der Waals surface area contributed by atoms with Gasteiger partial charge in [0.1, 0.15) is 0 Å². The lowest BCUT2D eigenvalue weighted by Gasteiger charge is -2.16. The Balaban J connectivity index is 2.13. The maximum Gasteiger partial charge on any atom is 0.229 e. The quantitative estimate of drug-likeness (QED) is 0.662. The standard InChI is InChI=1S/C20H24N2O2S/c1-15(2)13-16(3)25(23,24)20-21-18-11-7-8-12-19(18)22(20)14-17-9-5-4-6-10-17/h4-12,15-16H,13-14H2,1-3H3/t16-/m0/s1. The van der Waals surface area contributed by atoms with E-state index in [1.165, 1.54) is 0 Å². The first-order valence-corrected chi connectivity index (χ1v) is 10.2. The molecule has 0 unspecified atom stereocenters. The number of para-hydroxylation sites is 2. The Morgan fingerprint density at radius 3 is 2.28 bits per heavy atom. The summed E-state index contributed by atoms with van der Waals surface area (Å²) in [5, 5.41) is -0.287. The van der Waals surface area contributed by atoms with Gasteiger partial charge >= 0.3 is 0 Å². The Morgan fingerprint density at radius 2 is 1.60 bits per heavy atom. The lowest BCUT2D eigenvalue weighted by molar-refractivity contribution is 0.525. The van der Waals surface area contributed by atoms with Crippen molar-refractivity contribution in [2.75, 3.05) is 0 Å². The Bertz CT molecular complexity index is 960. The maximum absolute atomic E-state index is 13.2. The lowest BCUT2D eigenvalue weighted by Crippen LogP contribution is -2.23. The van der Waals surface area contributed by atoms with Crippen molar-refractivity contribution in [2.45, 2.75) is 44.1 Å². The minimum atomic E-state index is -3.49. The molecule has 0 aliphatic carbocycles. The van der Waals surface area contributed by atoms with Gasteiger partial charge in [-0.3, -0.25) is 0 Å². The van der Waals surface area contributed by atoms with Gasteiger partial charge in [0, 0.05) is 0 Å². The molecule has 0 aliphatic heterocycles. The van der Waals surface area contributed by atoms with Crippen LogP contribution in [0.2, 0.25) is 0 Å². The zero-order valence-corrected chi connectivity index (χ0v) is 15.7. The molecule has 2 aromatic carbocycles. The molecule has 0 N–H and O–H groups in total. The van der Waals surface area contributed by atoms with Crippen LogP contribution in [0.3, 0.4) is 0 Å². The van der Waals surface area contributed by atoms with Crippen molar-refractivity contribution in [2.24, 2.45) is 5.92 Å². The van der Waals surface area contributed by atoms with Crippen LogP contribution in [0.5, 0.6) is 0 Å².